The molecule has 0 heterocycles. The normalized spacial score (nSPS) is 10.9. The van der Waals surface area contributed by atoms with E-state index >= 15 is 0 Å². The number of hydrogen-bond donors (Lipinski definition) is 2. The molecular formula is C11H13F3N2O2. The molecule has 0 saturated heterocycles. The van der Waals surface area contributed by atoms with Gasteiger partial charge in [0.2, 0.25) is 5.91 Å². The lowest BCUT2D eigenvalue weighted by Gasteiger charge is -2.11. The second-order valence-electron chi connectivity index (χ2n) is 3.43. The van der Waals surface area contributed by atoms with Crippen LogP contribution < -0.4 is 15.4 Å². The van der Waals surface area contributed by atoms with Crippen LogP contribution in [0.2, 0.25) is 0 Å². The summed E-state index contributed by atoms with van der Waals surface area (Å²) in [5, 5.41) is 5.27. The van der Waals surface area contributed by atoms with Gasteiger partial charge in [0, 0.05) is 31.8 Å². The van der Waals surface area contributed by atoms with Gasteiger partial charge in [-0.1, -0.05) is 6.07 Å². The van der Waals surface area contributed by atoms with Gasteiger partial charge in [0.15, 0.2) is 0 Å². The fourth-order valence-electron chi connectivity index (χ4n) is 1.25. The van der Waals surface area contributed by atoms with Gasteiger partial charge in [-0.05, 0) is 12.1 Å². The van der Waals surface area contributed by atoms with Gasteiger partial charge in [0.1, 0.15) is 5.75 Å². The summed E-state index contributed by atoms with van der Waals surface area (Å²) in [6, 6.07) is 5.45. The zero-order chi connectivity index (χ0) is 13.6. The molecule has 0 atom stereocenters. The third kappa shape index (κ3) is 5.42. The number of carbonyl (C=O) groups is 1. The number of rotatable bonds is 5. The first-order valence-corrected chi connectivity index (χ1v) is 5.21. The van der Waals surface area contributed by atoms with E-state index in [2.05, 4.69) is 15.4 Å². The van der Waals surface area contributed by atoms with E-state index in [0.29, 0.717) is 12.2 Å². The molecule has 2 N–H and O–H groups in total. The van der Waals surface area contributed by atoms with Gasteiger partial charge in [-0.3, -0.25) is 4.79 Å². The summed E-state index contributed by atoms with van der Waals surface area (Å²) in [5.41, 5.74) is 0.459. The van der Waals surface area contributed by atoms with E-state index in [4.69, 9.17) is 0 Å². The third-order valence-electron chi connectivity index (χ3n) is 2.03. The van der Waals surface area contributed by atoms with E-state index in [1.807, 2.05) is 0 Å². The van der Waals surface area contributed by atoms with Crippen LogP contribution in [-0.2, 0) is 4.79 Å². The van der Waals surface area contributed by atoms with Crippen LogP contribution in [-0.4, -0.2) is 25.9 Å². The maximum Gasteiger partial charge on any atom is 0.573 e. The van der Waals surface area contributed by atoms with E-state index in [0.717, 1.165) is 0 Å². The molecule has 7 heteroatoms. The molecule has 0 radical (unpaired) electrons. The monoisotopic (exact) mass is 262 g/mol. The maximum absolute atomic E-state index is 12.0. The van der Waals surface area contributed by atoms with Crippen LogP contribution in [0.1, 0.15) is 6.42 Å². The number of anilines is 1. The molecule has 0 saturated carbocycles. The summed E-state index contributed by atoms with van der Waals surface area (Å²) >= 11 is 0. The fraction of sp³-hybridized carbons (Fsp3) is 0.364. The van der Waals surface area contributed by atoms with Crippen LogP contribution in [0, 0.1) is 0 Å². The van der Waals surface area contributed by atoms with Gasteiger partial charge in [-0.25, -0.2) is 0 Å². The summed E-state index contributed by atoms with van der Waals surface area (Å²) in [6.07, 6.45) is -4.47. The van der Waals surface area contributed by atoms with Crippen LogP contribution in [0.4, 0.5) is 18.9 Å². The third-order valence-corrected chi connectivity index (χ3v) is 2.03. The van der Waals surface area contributed by atoms with E-state index in [1.165, 1.54) is 25.2 Å². The number of ether oxygens (including phenoxy) is 1. The molecule has 18 heavy (non-hydrogen) atoms. The molecule has 4 nitrogen and oxygen atoms in total. The Labute approximate surface area is 102 Å². The van der Waals surface area contributed by atoms with Gasteiger partial charge in [0.05, 0.1) is 0 Å². The number of benzene rings is 1. The molecule has 100 valence electrons. The average Bonchev–Trinajstić information content (AvgIpc) is 2.27. The van der Waals surface area contributed by atoms with Crippen molar-refractivity contribution in [2.45, 2.75) is 12.8 Å². The van der Waals surface area contributed by atoms with Crippen LogP contribution in [0.25, 0.3) is 0 Å². The Hall–Kier alpha value is -1.92. The van der Waals surface area contributed by atoms with Crippen molar-refractivity contribution >= 4 is 11.6 Å². The van der Waals surface area contributed by atoms with Crippen molar-refractivity contribution in [1.29, 1.82) is 0 Å². The van der Waals surface area contributed by atoms with Gasteiger partial charge >= 0.3 is 6.36 Å². The van der Waals surface area contributed by atoms with Crippen LogP contribution in [0.3, 0.4) is 0 Å². The topological polar surface area (TPSA) is 50.4 Å². The van der Waals surface area contributed by atoms with Crippen molar-refractivity contribution in [1.82, 2.24) is 5.32 Å². The lowest BCUT2D eigenvalue weighted by Crippen LogP contribution is -2.21. The summed E-state index contributed by atoms with van der Waals surface area (Å²) in [4.78, 5) is 10.9. The van der Waals surface area contributed by atoms with E-state index in [9.17, 15) is 18.0 Å². The number of hydrogen-bond acceptors (Lipinski definition) is 3. The minimum absolute atomic E-state index is 0.148. The van der Waals surface area contributed by atoms with E-state index < -0.39 is 6.36 Å². The number of halogens is 3. The van der Waals surface area contributed by atoms with Crippen molar-refractivity contribution in [3.05, 3.63) is 24.3 Å². The second-order valence-corrected chi connectivity index (χ2v) is 3.43. The Morgan fingerprint density at radius 2 is 2.11 bits per heavy atom. The first-order chi connectivity index (χ1) is 8.40. The molecule has 1 aromatic carbocycles. The lowest BCUT2D eigenvalue weighted by molar-refractivity contribution is -0.274. The Kier molecular flexibility index (Phi) is 4.82. The molecule has 0 unspecified atom stereocenters. The van der Waals surface area contributed by atoms with Gasteiger partial charge < -0.3 is 15.4 Å². The predicted octanol–water partition coefficient (Wildman–Crippen LogP) is 2.13. The second kappa shape index (κ2) is 6.13. The molecule has 0 aliphatic carbocycles. The minimum atomic E-state index is -4.71. The molecule has 0 bridgehead atoms. The van der Waals surface area contributed by atoms with Crippen molar-refractivity contribution in [3.63, 3.8) is 0 Å². The predicted molar refractivity (Wildman–Crippen MR) is 60.3 cm³/mol. The summed E-state index contributed by atoms with van der Waals surface area (Å²) < 4.78 is 39.7. The Morgan fingerprint density at radius 1 is 1.39 bits per heavy atom. The molecular weight excluding hydrogens is 249 g/mol. The SMILES string of the molecule is CNC(=O)CCNc1cccc(OC(F)(F)F)c1. The van der Waals surface area contributed by atoms with Gasteiger partial charge in [-0.15, -0.1) is 13.2 Å². The molecule has 0 aromatic heterocycles. The molecule has 0 fully saturated rings. The highest BCUT2D eigenvalue weighted by Crippen LogP contribution is 2.24. The molecule has 1 amide bonds. The number of amides is 1. The largest absolute Gasteiger partial charge is 0.573 e. The van der Waals surface area contributed by atoms with Crippen LogP contribution in [0.15, 0.2) is 24.3 Å². The molecule has 0 spiro atoms. The van der Waals surface area contributed by atoms with Crippen LogP contribution in [0.5, 0.6) is 5.75 Å². The molecule has 0 aliphatic heterocycles. The fourth-order valence-corrected chi connectivity index (χ4v) is 1.25. The van der Waals surface area contributed by atoms with Crippen LogP contribution >= 0.6 is 0 Å². The van der Waals surface area contributed by atoms with Crippen molar-refractivity contribution in [2.75, 3.05) is 18.9 Å². The summed E-state index contributed by atoms with van der Waals surface area (Å²) in [6.45, 7) is 0.329. The lowest BCUT2D eigenvalue weighted by atomic mass is 10.3. The summed E-state index contributed by atoms with van der Waals surface area (Å²) in [5.74, 6) is -0.447. The van der Waals surface area contributed by atoms with Crippen molar-refractivity contribution in [2.24, 2.45) is 0 Å². The first-order valence-electron chi connectivity index (χ1n) is 5.21. The Balaban J connectivity index is 2.52. The molecule has 0 aliphatic rings. The van der Waals surface area contributed by atoms with Gasteiger partial charge in [-0.2, -0.15) is 0 Å². The molecule has 1 rings (SSSR count). The van der Waals surface area contributed by atoms with E-state index in [-0.39, 0.29) is 18.1 Å². The number of carbonyl (C=O) groups excluding carboxylic acids is 1. The first kappa shape index (κ1) is 14.1. The average molecular weight is 262 g/mol. The zero-order valence-corrected chi connectivity index (χ0v) is 9.67. The van der Waals surface area contributed by atoms with Gasteiger partial charge in [0.25, 0.3) is 0 Å². The highest BCUT2D eigenvalue weighted by molar-refractivity contribution is 5.76. The quantitative estimate of drug-likeness (QED) is 0.854. The van der Waals surface area contributed by atoms with Crippen molar-refractivity contribution in [3.8, 4) is 5.75 Å². The zero-order valence-electron chi connectivity index (χ0n) is 9.67. The summed E-state index contributed by atoms with van der Waals surface area (Å²) in [7, 11) is 1.51. The number of nitrogens with one attached hydrogen (secondary N) is 2. The van der Waals surface area contributed by atoms with E-state index in [1.54, 1.807) is 6.07 Å². The molecule has 1 aromatic rings. The maximum atomic E-state index is 12.0. The smallest absolute Gasteiger partial charge is 0.406 e. The Bertz CT molecular complexity index is 408. The Morgan fingerprint density at radius 3 is 2.72 bits per heavy atom. The minimum Gasteiger partial charge on any atom is -0.406 e. The highest BCUT2D eigenvalue weighted by Gasteiger charge is 2.31. The standard InChI is InChI=1S/C11H13F3N2O2/c1-15-10(17)5-6-16-8-3-2-4-9(7-8)18-11(12,13)14/h2-4,7,16H,5-6H2,1H3,(H,15,17). The van der Waals surface area contributed by atoms with Crippen molar-refractivity contribution < 1.29 is 22.7 Å². The number of alkyl halides is 3. The highest BCUT2D eigenvalue weighted by atomic mass is 19.4.